The number of H-pyrrole nitrogens is 1. The molecule has 2 heterocycles. The molecular weight excluding hydrogens is 326 g/mol. The van der Waals surface area contributed by atoms with Gasteiger partial charge in [0.1, 0.15) is 0 Å². The molecule has 0 unspecified atom stereocenters. The molecule has 0 radical (unpaired) electrons. The summed E-state index contributed by atoms with van der Waals surface area (Å²) in [6.07, 6.45) is 6.47. The fourth-order valence-electron chi connectivity index (χ4n) is 2.82. The van der Waals surface area contributed by atoms with E-state index in [1.165, 1.54) is 22.4 Å². The zero-order valence-corrected chi connectivity index (χ0v) is 13.9. The molecular formula is C17H17N3O3S. The van der Waals surface area contributed by atoms with Crippen molar-refractivity contribution in [2.24, 2.45) is 0 Å². The number of hydrogen-bond acceptors (Lipinski definition) is 4. The predicted octanol–water partition coefficient (Wildman–Crippen LogP) is 2.74. The van der Waals surface area contributed by atoms with Crippen LogP contribution >= 0.6 is 0 Å². The van der Waals surface area contributed by atoms with Crippen LogP contribution in [0.2, 0.25) is 0 Å². The Bertz CT molecular complexity index is 929. The van der Waals surface area contributed by atoms with E-state index < -0.39 is 10.1 Å². The van der Waals surface area contributed by atoms with Gasteiger partial charge in [-0.25, -0.2) is 0 Å². The van der Waals surface area contributed by atoms with Crippen LogP contribution in [-0.4, -0.2) is 34.4 Å². The van der Waals surface area contributed by atoms with Crippen molar-refractivity contribution in [2.45, 2.75) is 12.8 Å². The third-order valence-corrected chi connectivity index (χ3v) is 3.75. The Morgan fingerprint density at radius 1 is 1.08 bits per heavy atom. The Labute approximate surface area is 140 Å². The van der Waals surface area contributed by atoms with E-state index in [1.807, 2.05) is 24.5 Å². The van der Waals surface area contributed by atoms with Crippen LogP contribution in [0.25, 0.3) is 22.5 Å². The molecule has 1 aliphatic rings. The highest BCUT2D eigenvalue weighted by atomic mass is 32.2. The fourth-order valence-corrected chi connectivity index (χ4v) is 2.82. The number of rotatable bonds is 1. The van der Waals surface area contributed by atoms with Gasteiger partial charge in [0.25, 0.3) is 10.1 Å². The van der Waals surface area contributed by atoms with Crippen LogP contribution in [0.5, 0.6) is 0 Å². The number of benzene rings is 1. The SMILES string of the molecule is CS(=O)(=O)O.c1ccc2c(c1)CCc1c(-c3ccncc3)n[nH]c1-2. The highest BCUT2D eigenvalue weighted by Gasteiger charge is 2.21. The highest BCUT2D eigenvalue weighted by Crippen LogP contribution is 2.36. The summed E-state index contributed by atoms with van der Waals surface area (Å²) in [5, 5.41) is 7.72. The number of nitrogens with one attached hydrogen (secondary N) is 1. The van der Waals surface area contributed by atoms with Crippen molar-refractivity contribution in [1.82, 2.24) is 15.2 Å². The van der Waals surface area contributed by atoms with Crippen LogP contribution in [0.1, 0.15) is 11.1 Å². The minimum absolute atomic E-state index is 0.715. The molecule has 0 saturated heterocycles. The normalized spacial score (nSPS) is 12.6. The number of hydrogen-bond donors (Lipinski definition) is 2. The first kappa shape index (κ1) is 16.4. The Hall–Kier alpha value is -2.51. The van der Waals surface area contributed by atoms with Gasteiger partial charge >= 0.3 is 0 Å². The third kappa shape index (κ3) is 3.69. The monoisotopic (exact) mass is 343 g/mol. The molecule has 3 aromatic rings. The molecule has 0 spiro atoms. The zero-order chi connectivity index (χ0) is 17.2. The molecule has 0 amide bonds. The average molecular weight is 343 g/mol. The zero-order valence-electron chi connectivity index (χ0n) is 13.1. The molecule has 24 heavy (non-hydrogen) atoms. The van der Waals surface area contributed by atoms with Gasteiger partial charge in [0, 0.05) is 29.1 Å². The maximum Gasteiger partial charge on any atom is 0.261 e. The van der Waals surface area contributed by atoms with Crippen molar-refractivity contribution in [2.75, 3.05) is 6.26 Å². The molecule has 0 aliphatic heterocycles. The van der Waals surface area contributed by atoms with Gasteiger partial charge in [0.15, 0.2) is 0 Å². The van der Waals surface area contributed by atoms with E-state index in [4.69, 9.17) is 4.55 Å². The summed E-state index contributed by atoms with van der Waals surface area (Å²) in [5.41, 5.74) is 7.38. The van der Waals surface area contributed by atoms with Crippen LogP contribution in [0, 0.1) is 0 Å². The van der Waals surface area contributed by atoms with Crippen LogP contribution in [0.15, 0.2) is 48.8 Å². The summed E-state index contributed by atoms with van der Waals surface area (Å²) in [6.45, 7) is 0. The molecule has 0 saturated carbocycles. The lowest BCUT2D eigenvalue weighted by Gasteiger charge is -2.16. The quantitative estimate of drug-likeness (QED) is 0.662. The van der Waals surface area contributed by atoms with Gasteiger partial charge in [-0.05, 0) is 30.5 Å². The first-order valence-corrected chi connectivity index (χ1v) is 9.26. The molecule has 7 heteroatoms. The second kappa shape index (κ2) is 6.54. The second-order valence-electron chi connectivity index (χ2n) is 5.55. The lowest BCUT2D eigenvalue weighted by Crippen LogP contribution is -2.03. The minimum Gasteiger partial charge on any atom is -0.286 e. The number of aromatic amines is 1. The van der Waals surface area contributed by atoms with Crippen LogP contribution in [0.3, 0.4) is 0 Å². The van der Waals surface area contributed by atoms with E-state index in [2.05, 4.69) is 39.4 Å². The van der Waals surface area contributed by atoms with E-state index in [1.54, 1.807) is 0 Å². The standard InChI is InChI=1S/C16H13N3.CH4O3S/c1-2-4-13-11(3-1)5-6-14-15(18-19-16(13)14)12-7-9-17-10-8-12;1-5(2,3)4/h1-4,7-10H,5-6H2,(H,18,19);1H3,(H,2,3,4). The largest absolute Gasteiger partial charge is 0.286 e. The van der Waals surface area contributed by atoms with Crippen molar-refractivity contribution in [3.63, 3.8) is 0 Å². The lowest BCUT2D eigenvalue weighted by molar-refractivity contribution is 0.490. The molecule has 4 rings (SSSR count). The topological polar surface area (TPSA) is 95.9 Å². The van der Waals surface area contributed by atoms with Gasteiger partial charge < -0.3 is 0 Å². The van der Waals surface area contributed by atoms with Crippen LogP contribution in [-0.2, 0) is 23.0 Å². The van der Waals surface area contributed by atoms with Crippen molar-refractivity contribution in [3.05, 3.63) is 59.9 Å². The number of pyridine rings is 1. The van der Waals surface area contributed by atoms with Crippen molar-refractivity contribution in [3.8, 4) is 22.5 Å². The van der Waals surface area contributed by atoms with E-state index in [0.29, 0.717) is 6.26 Å². The fraction of sp³-hybridized carbons (Fsp3) is 0.176. The van der Waals surface area contributed by atoms with Gasteiger partial charge in [-0.1, -0.05) is 24.3 Å². The molecule has 0 bridgehead atoms. The summed E-state index contributed by atoms with van der Waals surface area (Å²) >= 11 is 0. The highest BCUT2D eigenvalue weighted by molar-refractivity contribution is 7.85. The Morgan fingerprint density at radius 2 is 1.75 bits per heavy atom. The minimum atomic E-state index is -3.67. The van der Waals surface area contributed by atoms with E-state index >= 15 is 0 Å². The van der Waals surface area contributed by atoms with Gasteiger partial charge in [-0.3, -0.25) is 14.6 Å². The van der Waals surface area contributed by atoms with Gasteiger partial charge in [0.2, 0.25) is 0 Å². The number of fused-ring (bicyclic) bond motifs is 3. The molecule has 1 aromatic carbocycles. The average Bonchev–Trinajstić information content (AvgIpc) is 2.98. The third-order valence-electron chi connectivity index (χ3n) is 3.75. The first-order valence-electron chi connectivity index (χ1n) is 7.42. The van der Waals surface area contributed by atoms with E-state index in [-0.39, 0.29) is 0 Å². The number of nitrogens with zero attached hydrogens (tertiary/aromatic N) is 2. The van der Waals surface area contributed by atoms with Crippen LogP contribution < -0.4 is 0 Å². The predicted molar refractivity (Wildman–Crippen MR) is 92.1 cm³/mol. The molecule has 0 atom stereocenters. The summed E-state index contributed by atoms with van der Waals surface area (Å²) in [7, 11) is -3.67. The van der Waals surface area contributed by atoms with Gasteiger partial charge in [0.05, 0.1) is 17.6 Å². The van der Waals surface area contributed by atoms with E-state index in [9.17, 15) is 8.42 Å². The molecule has 124 valence electrons. The van der Waals surface area contributed by atoms with Crippen LogP contribution in [0.4, 0.5) is 0 Å². The number of aromatic nitrogens is 3. The maximum absolute atomic E-state index is 9.19. The summed E-state index contributed by atoms with van der Waals surface area (Å²) in [5.74, 6) is 0. The second-order valence-corrected chi connectivity index (χ2v) is 7.02. The Balaban J connectivity index is 0.000000300. The Morgan fingerprint density at radius 3 is 2.46 bits per heavy atom. The van der Waals surface area contributed by atoms with Gasteiger partial charge in [-0.2, -0.15) is 13.5 Å². The van der Waals surface area contributed by atoms with Crippen molar-refractivity contribution >= 4 is 10.1 Å². The molecule has 1 aliphatic carbocycles. The first-order chi connectivity index (χ1) is 11.4. The molecule has 6 nitrogen and oxygen atoms in total. The maximum atomic E-state index is 9.19. The number of aryl methyl sites for hydroxylation is 1. The summed E-state index contributed by atoms with van der Waals surface area (Å²) < 4.78 is 25.9. The molecule has 2 N–H and O–H groups in total. The molecule has 0 fully saturated rings. The molecule has 2 aromatic heterocycles. The smallest absolute Gasteiger partial charge is 0.261 e. The van der Waals surface area contributed by atoms with E-state index in [0.717, 1.165) is 24.1 Å². The lowest BCUT2D eigenvalue weighted by atomic mass is 9.88. The van der Waals surface area contributed by atoms with Crippen molar-refractivity contribution < 1.29 is 13.0 Å². The van der Waals surface area contributed by atoms with Gasteiger partial charge in [-0.15, -0.1) is 0 Å². The van der Waals surface area contributed by atoms with Crippen molar-refractivity contribution in [1.29, 1.82) is 0 Å². The Kier molecular flexibility index (Phi) is 4.46. The summed E-state index contributed by atoms with van der Waals surface area (Å²) in [6, 6.07) is 12.6. The summed E-state index contributed by atoms with van der Waals surface area (Å²) in [4.78, 5) is 4.07.